The predicted octanol–water partition coefficient (Wildman–Crippen LogP) is 6.03. The highest BCUT2D eigenvalue weighted by molar-refractivity contribution is 6.07. The molecule has 0 radical (unpaired) electrons. The van der Waals surface area contributed by atoms with Gasteiger partial charge in [0.1, 0.15) is 5.75 Å². The number of amides is 1. The van der Waals surface area contributed by atoms with Crippen molar-refractivity contribution in [2.24, 2.45) is 11.8 Å². The topological polar surface area (TPSA) is 70.1 Å². The molecule has 2 aliphatic carbocycles. The van der Waals surface area contributed by atoms with Gasteiger partial charge in [-0.1, -0.05) is 24.6 Å². The van der Waals surface area contributed by atoms with Gasteiger partial charge in [-0.05, 0) is 86.4 Å². The second-order valence-electron chi connectivity index (χ2n) is 10.3. The van der Waals surface area contributed by atoms with E-state index in [0.717, 1.165) is 37.1 Å². The molecule has 3 atom stereocenters. The second kappa shape index (κ2) is 10.4. The van der Waals surface area contributed by atoms with Crippen molar-refractivity contribution < 1.29 is 32.6 Å². The molecular formula is C28H31F3N2O4. The summed E-state index contributed by atoms with van der Waals surface area (Å²) >= 11 is 0. The van der Waals surface area contributed by atoms with Crippen molar-refractivity contribution >= 4 is 17.6 Å². The average Bonchev–Trinajstić information content (AvgIpc) is 3.54. The van der Waals surface area contributed by atoms with E-state index in [-0.39, 0.29) is 36.1 Å². The number of alkyl halides is 3. The van der Waals surface area contributed by atoms with E-state index in [2.05, 4.69) is 15.7 Å². The summed E-state index contributed by atoms with van der Waals surface area (Å²) in [6.07, 6.45) is 1.09. The Morgan fingerprint density at radius 3 is 2.43 bits per heavy atom. The third-order valence-corrected chi connectivity index (χ3v) is 7.76. The van der Waals surface area contributed by atoms with Gasteiger partial charge >= 0.3 is 12.3 Å². The molecule has 198 valence electrons. The van der Waals surface area contributed by atoms with E-state index in [4.69, 9.17) is 0 Å². The minimum absolute atomic E-state index is 0.0281. The molecule has 1 amide bonds. The second-order valence-corrected chi connectivity index (χ2v) is 10.3. The van der Waals surface area contributed by atoms with E-state index >= 15 is 0 Å². The van der Waals surface area contributed by atoms with Gasteiger partial charge < -0.3 is 14.7 Å². The number of carbonyl (C=O) groups excluding carboxylic acids is 1. The zero-order valence-electron chi connectivity index (χ0n) is 20.5. The summed E-state index contributed by atoms with van der Waals surface area (Å²) in [6, 6.07) is 13.1. The van der Waals surface area contributed by atoms with Gasteiger partial charge in [-0.3, -0.25) is 14.5 Å². The number of para-hydroxylation sites is 1. The van der Waals surface area contributed by atoms with Crippen LogP contribution in [0.3, 0.4) is 0 Å². The van der Waals surface area contributed by atoms with Crippen molar-refractivity contribution in [1.82, 2.24) is 4.90 Å². The molecule has 2 fully saturated rings. The fourth-order valence-corrected chi connectivity index (χ4v) is 6.10. The molecule has 2 aromatic carbocycles. The van der Waals surface area contributed by atoms with Gasteiger partial charge in [0.15, 0.2) is 0 Å². The minimum atomic E-state index is -4.79. The molecule has 6 nitrogen and oxygen atoms in total. The first kappa shape index (κ1) is 25.6. The average molecular weight is 517 g/mol. The Morgan fingerprint density at radius 1 is 1.03 bits per heavy atom. The van der Waals surface area contributed by atoms with Gasteiger partial charge in [-0.25, -0.2) is 0 Å². The van der Waals surface area contributed by atoms with Crippen LogP contribution < -0.4 is 9.64 Å². The first-order valence-corrected chi connectivity index (χ1v) is 13.0. The molecule has 3 unspecified atom stereocenters. The summed E-state index contributed by atoms with van der Waals surface area (Å²) in [4.78, 5) is 29.3. The smallest absolute Gasteiger partial charge is 0.481 e. The van der Waals surface area contributed by atoms with Gasteiger partial charge in [0.05, 0.1) is 0 Å². The molecule has 5 rings (SSSR count). The fourth-order valence-electron chi connectivity index (χ4n) is 6.10. The van der Waals surface area contributed by atoms with E-state index in [0.29, 0.717) is 24.4 Å². The molecule has 37 heavy (non-hydrogen) atoms. The normalized spacial score (nSPS) is 23.0. The molecule has 1 N–H and O–H groups in total. The lowest BCUT2D eigenvalue weighted by atomic mass is 9.81. The van der Waals surface area contributed by atoms with Gasteiger partial charge in [-0.15, -0.1) is 13.2 Å². The van der Waals surface area contributed by atoms with Gasteiger partial charge in [0.2, 0.25) is 0 Å². The maximum absolute atomic E-state index is 13.8. The number of aliphatic carboxylic acids is 1. The van der Waals surface area contributed by atoms with Gasteiger partial charge in [0, 0.05) is 36.3 Å². The van der Waals surface area contributed by atoms with Gasteiger partial charge in [-0.2, -0.15) is 0 Å². The fraction of sp³-hybridized carbons (Fsp3) is 0.500. The number of carbonyl (C=O) groups is 2. The molecule has 9 heteroatoms. The van der Waals surface area contributed by atoms with Crippen LogP contribution in [0.4, 0.5) is 18.9 Å². The zero-order valence-corrected chi connectivity index (χ0v) is 20.5. The monoisotopic (exact) mass is 516 g/mol. The molecule has 0 saturated heterocycles. The Balaban J connectivity index is 1.46. The lowest BCUT2D eigenvalue weighted by Gasteiger charge is -2.48. The number of carboxylic acids is 1. The molecule has 2 saturated carbocycles. The van der Waals surface area contributed by atoms with E-state index in [1.807, 2.05) is 23.1 Å². The van der Waals surface area contributed by atoms with E-state index in [1.165, 1.54) is 37.1 Å². The van der Waals surface area contributed by atoms with Crippen LogP contribution in [0, 0.1) is 11.8 Å². The largest absolute Gasteiger partial charge is 0.573 e. The van der Waals surface area contributed by atoms with Crippen LogP contribution in [-0.4, -0.2) is 47.4 Å². The van der Waals surface area contributed by atoms with Crippen molar-refractivity contribution in [1.29, 1.82) is 0 Å². The van der Waals surface area contributed by atoms with Crippen molar-refractivity contribution in [2.75, 3.05) is 18.0 Å². The number of rotatable bonds is 9. The summed E-state index contributed by atoms with van der Waals surface area (Å²) in [5, 5.41) is 9.19. The number of carboxylic acid groups (broad SMARTS) is 1. The first-order chi connectivity index (χ1) is 17.7. The quantitative estimate of drug-likeness (QED) is 0.441. The predicted molar refractivity (Wildman–Crippen MR) is 131 cm³/mol. The molecule has 0 bridgehead atoms. The Bertz CT molecular complexity index is 1130. The maximum atomic E-state index is 13.8. The number of anilines is 1. The third kappa shape index (κ3) is 5.76. The van der Waals surface area contributed by atoms with Crippen LogP contribution in [-0.2, 0) is 4.79 Å². The number of nitrogens with zero attached hydrogens (tertiary/aromatic N) is 2. The van der Waals surface area contributed by atoms with Crippen LogP contribution in [0.1, 0.15) is 66.9 Å². The number of fused-ring (bicyclic) bond motifs is 2. The molecular weight excluding hydrogens is 485 g/mol. The number of halogens is 3. The summed E-state index contributed by atoms with van der Waals surface area (Å²) in [7, 11) is 0. The zero-order chi connectivity index (χ0) is 26.2. The Morgan fingerprint density at radius 2 is 1.76 bits per heavy atom. The van der Waals surface area contributed by atoms with Crippen molar-refractivity contribution in [3.63, 3.8) is 0 Å². The number of benzene rings is 2. The van der Waals surface area contributed by atoms with E-state index in [1.54, 1.807) is 0 Å². The van der Waals surface area contributed by atoms with E-state index < -0.39 is 12.3 Å². The highest BCUT2D eigenvalue weighted by Gasteiger charge is 2.48. The van der Waals surface area contributed by atoms with Crippen molar-refractivity contribution in [2.45, 2.75) is 63.4 Å². The molecule has 1 heterocycles. The Labute approximate surface area is 214 Å². The summed E-state index contributed by atoms with van der Waals surface area (Å²) in [5.74, 6) is -0.554. The lowest BCUT2D eigenvalue weighted by molar-refractivity contribution is -0.274. The van der Waals surface area contributed by atoms with Crippen molar-refractivity contribution in [3.05, 3.63) is 59.7 Å². The SMILES string of the molecule is O=C(O)CCCN(CC1CC1)C1c2ccccc2N(C(=O)c2ccc(OC(F)(F)F)cc2)C2CCCC12. The van der Waals surface area contributed by atoms with Crippen LogP contribution >= 0.6 is 0 Å². The van der Waals surface area contributed by atoms with Gasteiger partial charge in [0.25, 0.3) is 5.91 Å². The Hall–Kier alpha value is -3.07. The maximum Gasteiger partial charge on any atom is 0.573 e. The van der Waals surface area contributed by atoms with Crippen LogP contribution in [0.15, 0.2) is 48.5 Å². The summed E-state index contributed by atoms with van der Waals surface area (Å²) in [6.45, 7) is 1.62. The first-order valence-electron chi connectivity index (χ1n) is 13.0. The lowest BCUT2D eigenvalue weighted by Crippen LogP contribution is -2.51. The Kier molecular flexibility index (Phi) is 7.16. The third-order valence-electron chi connectivity index (χ3n) is 7.76. The standard InChI is InChI=1S/C28H31F3N2O4/c29-28(30,31)37-20-14-12-19(13-15-20)27(36)33-23-7-2-1-5-21(23)26(22-6-3-8-24(22)33)32(17-18-10-11-18)16-4-9-25(34)35/h1-2,5,7,12-15,18,22,24,26H,3-4,6,8-11,16-17H2,(H,34,35). The summed E-state index contributed by atoms with van der Waals surface area (Å²) < 4.78 is 41.7. The molecule has 0 spiro atoms. The number of ether oxygens (including phenoxy) is 1. The molecule has 1 aliphatic heterocycles. The number of hydrogen-bond acceptors (Lipinski definition) is 4. The van der Waals surface area contributed by atoms with Crippen LogP contribution in [0.2, 0.25) is 0 Å². The highest BCUT2D eigenvalue weighted by Crippen LogP contribution is 2.51. The van der Waals surface area contributed by atoms with E-state index in [9.17, 15) is 27.9 Å². The minimum Gasteiger partial charge on any atom is -0.481 e. The highest BCUT2D eigenvalue weighted by atomic mass is 19.4. The summed E-state index contributed by atoms with van der Waals surface area (Å²) in [5.41, 5.74) is 2.20. The number of hydrogen-bond donors (Lipinski definition) is 1. The molecule has 3 aliphatic rings. The van der Waals surface area contributed by atoms with Crippen LogP contribution in [0.5, 0.6) is 5.75 Å². The molecule has 0 aromatic heterocycles. The van der Waals surface area contributed by atoms with Crippen LogP contribution in [0.25, 0.3) is 0 Å². The molecule has 2 aromatic rings. The van der Waals surface area contributed by atoms with Crippen molar-refractivity contribution in [3.8, 4) is 5.75 Å².